The highest BCUT2D eigenvalue weighted by Gasteiger charge is 2.32. The van der Waals surface area contributed by atoms with E-state index >= 15 is 0 Å². The minimum atomic E-state index is -4.80. The third-order valence-electron chi connectivity index (χ3n) is 4.67. The first kappa shape index (κ1) is 22.9. The van der Waals surface area contributed by atoms with Crippen LogP contribution in [0.1, 0.15) is 30.4 Å². The third-order valence-corrected chi connectivity index (χ3v) is 5.58. The number of amides is 1. The predicted molar refractivity (Wildman–Crippen MR) is 106 cm³/mol. The Balaban J connectivity index is 1.92. The molecule has 3 rings (SSSR count). The van der Waals surface area contributed by atoms with Gasteiger partial charge in [-0.05, 0) is 36.6 Å². The number of rotatable bonds is 6. The lowest BCUT2D eigenvalue weighted by Gasteiger charge is -2.14. The normalized spacial score (nSPS) is 17.2. The van der Waals surface area contributed by atoms with Crippen LogP contribution in [0.25, 0.3) is 11.1 Å². The summed E-state index contributed by atoms with van der Waals surface area (Å²) in [5, 5.41) is 3.82. The quantitative estimate of drug-likeness (QED) is 0.392. The number of nitrogens with one attached hydrogen (secondary N) is 1. The zero-order valence-electron chi connectivity index (χ0n) is 16.1. The summed E-state index contributed by atoms with van der Waals surface area (Å²) < 4.78 is 77.9. The molecule has 0 bridgehead atoms. The van der Waals surface area contributed by atoms with Crippen LogP contribution in [0.3, 0.4) is 0 Å². The van der Waals surface area contributed by atoms with Crippen LogP contribution in [0.4, 0.5) is 13.2 Å². The van der Waals surface area contributed by atoms with Crippen LogP contribution in [0, 0.1) is 0 Å². The Bertz CT molecular complexity index is 1090. The van der Waals surface area contributed by atoms with Crippen molar-refractivity contribution in [3.63, 3.8) is 0 Å². The molecule has 1 aliphatic rings. The van der Waals surface area contributed by atoms with E-state index in [4.69, 9.17) is 4.74 Å². The van der Waals surface area contributed by atoms with Crippen molar-refractivity contribution in [1.82, 2.24) is 5.43 Å². The van der Waals surface area contributed by atoms with Crippen LogP contribution in [-0.2, 0) is 25.8 Å². The summed E-state index contributed by atoms with van der Waals surface area (Å²) in [6.45, 7) is 0.599. The number of hydrogen-bond acceptors (Lipinski definition) is 5. The van der Waals surface area contributed by atoms with Gasteiger partial charge in [-0.15, -0.1) is 0 Å². The molecular weight excluding hydrogens is 437 g/mol. The maximum absolute atomic E-state index is 13.2. The van der Waals surface area contributed by atoms with Crippen molar-refractivity contribution in [1.29, 1.82) is 0 Å². The van der Waals surface area contributed by atoms with Crippen LogP contribution in [-0.4, -0.2) is 37.8 Å². The van der Waals surface area contributed by atoms with Crippen LogP contribution in [0.15, 0.2) is 52.5 Å². The number of hydrogen-bond donors (Lipinski definition) is 2. The minimum absolute atomic E-state index is 0.0818. The summed E-state index contributed by atoms with van der Waals surface area (Å²) in [5.74, 6) is -0.390. The molecule has 11 heteroatoms. The topological polar surface area (TPSA) is 105 Å². The molecule has 1 amide bonds. The smallest absolute Gasteiger partial charge is 0.378 e. The van der Waals surface area contributed by atoms with Crippen LogP contribution in [0.5, 0.6) is 0 Å². The van der Waals surface area contributed by atoms with Gasteiger partial charge < -0.3 is 4.74 Å². The number of ether oxygens (including phenoxy) is 1. The fourth-order valence-corrected chi connectivity index (χ4v) is 3.91. The summed E-state index contributed by atoms with van der Waals surface area (Å²) in [6.07, 6.45) is -1.93. The highest BCUT2D eigenvalue weighted by atomic mass is 32.2. The van der Waals surface area contributed by atoms with Gasteiger partial charge >= 0.3 is 6.18 Å². The largest absolute Gasteiger partial charge is 0.416 e. The summed E-state index contributed by atoms with van der Waals surface area (Å²) in [6, 6.07) is 7.86. The fourth-order valence-electron chi connectivity index (χ4n) is 3.23. The van der Waals surface area contributed by atoms with E-state index in [1.807, 2.05) is 0 Å². The van der Waals surface area contributed by atoms with Crippen molar-refractivity contribution in [2.45, 2.75) is 36.4 Å². The molecule has 1 unspecified atom stereocenters. The summed E-state index contributed by atoms with van der Waals surface area (Å²) in [5.41, 5.74) is 1.22. The Kier molecular flexibility index (Phi) is 6.77. The second-order valence-electron chi connectivity index (χ2n) is 6.90. The maximum Gasteiger partial charge on any atom is 0.416 e. The number of nitrogens with zero attached hydrogens (tertiary/aromatic N) is 1. The van der Waals surface area contributed by atoms with Gasteiger partial charge in [0, 0.05) is 17.7 Å². The molecule has 0 spiro atoms. The lowest BCUT2D eigenvalue weighted by atomic mass is 9.98. The van der Waals surface area contributed by atoms with E-state index in [9.17, 15) is 30.9 Å². The van der Waals surface area contributed by atoms with Crippen LogP contribution in [0.2, 0.25) is 0 Å². The molecule has 2 aromatic carbocycles. The van der Waals surface area contributed by atoms with Crippen molar-refractivity contribution < 1.29 is 35.7 Å². The Morgan fingerprint density at radius 1 is 1.23 bits per heavy atom. The molecule has 2 N–H and O–H groups in total. The first-order valence-electron chi connectivity index (χ1n) is 9.27. The SMILES string of the molecule is O=C(CC1CCCO1)N/N=C\c1ccccc1-c1cc(C(F)(F)F)ccc1S(=O)(=O)O. The van der Waals surface area contributed by atoms with Crippen molar-refractivity contribution in [2.75, 3.05) is 6.61 Å². The summed E-state index contributed by atoms with van der Waals surface area (Å²) in [4.78, 5) is 11.3. The molecule has 0 aliphatic carbocycles. The molecular formula is C20H19F3N2O5S. The second-order valence-corrected chi connectivity index (χ2v) is 8.29. The number of halogens is 3. The van der Waals surface area contributed by atoms with Crippen LogP contribution >= 0.6 is 0 Å². The summed E-state index contributed by atoms with van der Waals surface area (Å²) in [7, 11) is -4.80. The second kappa shape index (κ2) is 9.16. The molecule has 0 aromatic heterocycles. The lowest BCUT2D eigenvalue weighted by Crippen LogP contribution is -2.23. The molecule has 7 nitrogen and oxygen atoms in total. The van der Waals surface area contributed by atoms with E-state index in [1.54, 1.807) is 6.07 Å². The Morgan fingerprint density at radius 3 is 2.61 bits per heavy atom. The van der Waals surface area contributed by atoms with Gasteiger partial charge in [-0.1, -0.05) is 24.3 Å². The Morgan fingerprint density at radius 2 is 1.97 bits per heavy atom. The lowest BCUT2D eigenvalue weighted by molar-refractivity contribution is -0.137. The standard InChI is InChI=1S/C20H19F3N2O5S/c21-20(22,23)14-7-8-18(31(27,28)29)17(10-14)16-6-2-1-4-13(16)12-24-25-19(26)11-15-5-3-9-30-15/h1-2,4,6-8,10,12,15H,3,5,9,11H2,(H,25,26)(H,27,28,29)/b24-12-. The Hall–Kier alpha value is -2.76. The van der Waals surface area contributed by atoms with E-state index in [0.29, 0.717) is 24.8 Å². The molecule has 1 heterocycles. The average Bonchev–Trinajstić information content (AvgIpc) is 3.19. The van der Waals surface area contributed by atoms with Gasteiger partial charge in [0.25, 0.3) is 10.1 Å². The fraction of sp³-hybridized carbons (Fsp3) is 0.300. The van der Waals surface area contributed by atoms with E-state index in [1.165, 1.54) is 24.4 Å². The van der Waals surface area contributed by atoms with Gasteiger partial charge in [0.05, 0.1) is 24.3 Å². The molecule has 1 atom stereocenters. The number of carbonyl (C=O) groups excluding carboxylic acids is 1. The van der Waals surface area contributed by atoms with Gasteiger partial charge in [-0.3, -0.25) is 9.35 Å². The van der Waals surface area contributed by atoms with Crippen molar-refractivity contribution in [3.05, 3.63) is 53.6 Å². The van der Waals surface area contributed by atoms with E-state index in [-0.39, 0.29) is 29.2 Å². The highest BCUT2D eigenvalue weighted by Crippen LogP contribution is 2.36. The third kappa shape index (κ3) is 5.90. The highest BCUT2D eigenvalue weighted by molar-refractivity contribution is 7.86. The first-order chi connectivity index (χ1) is 14.6. The number of benzene rings is 2. The monoisotopic (exact) mass is 456 g/mol. The average molecular weight is 456 g/mol. The van der Waals surface area contributed by atoms with Crippen LogP contribution < -0.4 is 5.43 Å². The first-order valence-corrected chi connectivity index (χ1v) is 10.7. The van der Waals surface area contributed by atoms with Gasteiger partial charge in [0.15, 0.2) is 0 Å². The maximum atomic E-state index is 13.2. The molecule has 2 aromatic rings. The molecule has 1 fully saturated rings. The minimum Gasteiger partial charge on any atom is -0.378 e. The molecule has 31 heavy (non-hydrogen) atoms. The van der Waals surface area contributed by atoms with Gasteiger partial charge in [0.1, 0.15) is 4.90 Å². The Labute approximate surface area is 176 Å². The van der Waals surface area contributed by atoms with Gasteiger partial charge in [-0.2, -0.15) is 26.7 Å². The van der Waals surface area contributed by atoms with Crippen molar-refractivity contribution in [3.8, 4) is 11.1 Å². The zero-order chi connectivity index (χ0) is 22.6. The van der Waals surface area contributed by atoms with E-state index in [2.05, 4.69) is 10.5 Å². The molecule has 0 radical (unpaired) electrons. The van der Waals surface area contributed by atoms with E-state index in [0.717, 1.165) is 12.8 Å². The predicted octanol–water partition coefficient (Wildman–Crippen LogP) is 3.64. The molecule has 1 saturated heterocycles. The molecule has 0 saturated carbocycles. The van der Waals surface area contributed by atoms with Gasteiger partial charge in [-0.25, -0.2) is 5.43 Å². The number of carbonyl (C=O) groups is 1. The zero-order valence-corrected chi connectivity index (χ0v) is 16.9. The van der Waals surface area contributed by atoms with Crippen molar-refractivity contribution >= 4 is 22.2 Å². The molecule has 166 valence electrons. The van der Waals surface area contributed by atoms with Crippen molar-refractivity contribution in [2.24, 2.45) is 5.10 Å². The number of alkyl halides is 3. The molecule has 1 aliphatic heterocycles. The van der Waals surface area contributed by atoms with Gasteiger partial charge in [0.2, 0.25) is 5.91 Å². The number of hydrazone groups is 1. The summed E-state index contributed by atoms with van der Waals surface area (Å²) >= 11 is 0. The van der Waals surface area contributed by atoms with E-state index < -0.39 is 32.7 Å².